The van der Waals surface area contributed by atoms with Crippen LogP contribution in [0.5, 0.6) is 0 Å². The number of nitrogens with one attached hydrogen (secondary N) is 1. The van der Waals surface area contributed by atoms with Crippen LogP contribution in [0.1, 0.15) is 38.4 Å². The Hall–Kier alpha value is -0.940. The smallest absolute Gasteiger partial charge is 0.141 e. The zero-order valence-corrected chi connectivity index (χ0v) is 11.2. The molecule has 2 saturated heterocycles. The first-order chi connectivity index (χ1) is 8.88. The van der Waals surface area contributed by atoms with Crippen molar-refractivity contribution in [3.63, 3.8) is 0 Å². The molecule has 2 unspecified atom stereocenters. The van der Waals surface area contributed by atoms with Gasteiger partial charge in [0.25, 0.3) is 0 Å². The summed E-state index contributed by atoms with van der Waals surface area (Å²) in [5.41, 5.74) is 0. The van der Waals surface area contributed by atoms with E-state index in [1.165, 1.54) is 38.8 Å². The molecule has 2 atom stereocenters. The van der Waals surface area contributed by atoms with Gasteiger partial charge in [-0.3, -0.25) is 4.90 Å². The SMILES string of the molecule is CCn1ncnc1CN1CCCC1C1CCCN1. The van der Waals surface area contributed by atoms with E-state index in [1.54, 1.807) is 6.33 Å². The average molecular weight is 249 g/mol. The summed E-state index contributed by atoms with van der Waals surface area (Å²) in [6, 6.07) is 1.40. The maximum atomic E-state index is 4.40. The van der Waals surface area contributed by atoms with Crippen molar-refractivity contribution in [2.75, 3.05) is 13.1 Å². The van der Waals surface area contributed by atoms with Crippen molar-refractivity contribution >= 4 is 0 Å². The van der Waals surface area contributed by atoms with Gasteiger partial charge in [-0.05, 0) is 45.7 Å². The van der Waals surface area contributed by atoms with E-state index >= 15 is 0 Å². The Morgan fingerprint density at radius 1 is 1.39 bits per heavy atom. The lowest BCUT2D eigenvalue weighted by Crippen LogP contribution is -2.43. The highest BCUT2D eigenvalue weighted by Crippen LogP contribution is 2.25. The van der Waals surface area contributed by atoms with Gasteiger partial charge < -0.3 is 5.32 Å². The molecule has 5 nitrogen and oxygen atoms in total. The summed E-state index contributed by atoms with van der Waals surface area (Å²) in [5.74, 6) is 1.11. The second kappa shape index (κ2) is 5.36. The van der Waals surface area contributed by atoms with E-state index < -0.39 is 0 Å². The lowest BCUT2D eigenvalue weighted by Gasteiger charge is -2.29. The number of nitrogens with zero attached hydrogens (tertiary/aromatic N) is 4. The van der Waals surface area contributed by atoms with Crippen LogP contribution in [-0.4, -0.2) is 44.8 Å². The third-order valence-electron chi connectivity index (χ3n) is 4.32. The first-order valence-electron chi connectivity index (χ1n) is 7.22. The fourth-order valence-corrected chi connectivity index (χ4v) is 3.40. The van der Waals surface area contributed by atoms with E-state index in [4.69, 9.17) is 0 Å². The first-order valence-corrected chi connectivity index (χ1v) is 7.22. The van der Waals surface area contributed by atoms with Gasteiger partial charge >= 0.3 is 0 Å². The van der Waals surface area contributed by atoms with E-state index in [9.17, 15) is 0 Å². The van der Waals surface area contributed by atoms with Crippen molar-refractivity contribution in [2.45, 2.75) is 57.8 Å². The average Bonchev–Trinajstić information content (AvgIpc) is 3.09. The van der Waals surface area contributed by atoms with Crippen LogP contribution < -0.4 is 5.32 Å². The van der Waals surface area contributed by atoms with E-state index in [2.05, 4.69) is 27.2 Å². The molecular formula is C13H23N5. The van der Waals surface area contributed by atoms with Crippen LogP contribution in [0.15, 0.2) is 6.33 Å². The standard InChI is InChI=1S/C13H23N5/c1-2-18-13(15-10-16-18)9-17-8-4-6-12(17)11-5-3-7-14-11/h10-12,14H,2-9H2,1H3. The van der Waals surface area contributed by atoms with Gasteiger partial charge in [0, 0.05) is 18.6 Å². The van der Waals surface area contributed by atoms with Crippen molar-refractivity contribution < 1.29 is 0 Å². The van der Waals surface area contributed by atoms with E-state index in [1.807, 2.05) is 4.68 Å². The molecule has 18 heavy (non-hydrogen) atoms. The van der Waals surface area contributed by atoms with Crippen LogP contribution >= 0.6 is 0 Å². The minimum atomic E-state index is 0.700. The molecule has 1 N–H and O–H groups in total. The normalized spacial score (nSPS) is 29.2. The van der Waals surface area contributed by atoms with Crippen molar-refractivity contribution in [2.24, 2.45) is 0 Å². The summed E-state index contributed by atoms with van der Waals surface area (Å²) in [6.07, 6.45) is 7.00. The molecule has 3 rings (SSSR count). The number of hydrogen-bond donors (Lipinski definition) is 1. The molecule has 0 aromatic carbocycles. The number of aromatic nitrogens is 3. The molecular weight excluding hydrogens is 226 g/mol. The Labute approximate surface area is 109 Å². The molecule has 0 radical (unpaired) electrons. The van der Waals surface area contributed by atoms with Gasteiger partial charge in [-0.15, -0.1) is 0 Å². The lowest BCUT2D eigenvalue weighted by molar-refractivity contribution is 0.199. The molecule has 5 heteroatoms. The molecule has 1 aromatic rings. The van der Waals surface area contributed by atoms with E-state index in [0.717, 1.165) is 18.9 Å². The lowest BCUT2D eigenvalue weighted by atomic mass is 10.0. The highest BCUT2D eigenvalue weighted by atomic mass is 15.4. The van der Waals surface area contributed by atoms with Crippen LogP contribution in [0.4, 0.5) is 0 Å². The number of hydrogen-bond acceptors (Lipinski definition) is 4. The van der Waals surface area contributed by atoms with Gasteiger partial charge in [-0.1, -0.05) is 0 Å². The summed E-state index contributed by atoms with van der Waals surface area (Å²) >= 11 is 0. The number of rotatable bonds is 4. The maximum Gasteiger partial charge on any atom is 0.141 e. The Kier molecular flexibility index (Phi) is 3.61. The summed E-state index contributed by atoms with van der Waals surface area (Å²) in [5, 5.41) is 7.91. The first kappa shape index (κ1) is 12.1. The summed E-state index contributed by atoms with van der Waals surface area (Å²) in [7, 11) is 0. The second-order valence-electron chi connectivity index (χ2n) is 5.37. The van der Waals surface area contributed by atoms with Crippen molar-refractivity contribution in [1.29, 1.82) is 0 Å². The zero-order chi connectivity index (χ0) is 12.4. The fourth-order valence-electron chi connectivity index (χ4n) is 3.40. The predicted molar refractivity (Wildman–Crippen MR) is 70.2 cm³/mol. The van der Waals surface area contributed by atoms with Gasteiger partial charge in [0.15, 0.2) is 0 Å². The number of aryl methyl sites for hydroxylation is 1. The highest BCUT2D eigenvalue weighted by Gasteiger charge is 2.33. The molecule has 0 spiro atoms. The zero-order valence-electron chi connectivity index (χ0n) is 11.2. The van der Waals surface area contributed by atoms with Crippen molar-refractivity contribution in [3.8, 4) is 0 Å². The van der Waals surface area contributed by atoms with Crippen LogP contribution in [0.2, 0.25) is 0 Å². The van der Waals surface area contributed by atoms with Gasteiger partial charge in [-0.2, -0.15) is 5.10 Å². The molecule has 2 aliphatic rings. The van der Waals surface area contributed by atoms with Crippen LogP contribution in [0, 0.1) is 0 Å². The summed E-state index contributed by atoms with van der Waals surface area (Å²) < 4.78 is 2.01. The highest BCUT2D eigenvalue weighted by molar-refractivity contribution is 4.95. The monoisotopic (exact) mass is 249 g/mol. The number of likely N-dealkylation sites (tertiary alicyclic amines) is 1. The minimum absolute atomic E-state index is 0.700. The quantitative estimate of drug-likeness (QED) is 0.865. The van der Waals surface area contributed by atoms with Gasteiger partial charge in [0.2, 0.25) is 0 Å². The summed E-state index contributed by atoms with van der Waals surface area (Å²) in [6.45, 7) is 6.39. The topological polar surface area (TPSA) is 46.0 Å². The van der Waals surface area contributed by atoms with Crippen molar-refractivity contribution in [3.05, 3.63) is 12.2 Å². The molecule has 2 aliphatic heterocycles. The Morgan fingerprint density at radius 2 is 2.33 bits per heavy atom. The summed E-state index contributed by atoms with van der Waals surface area (Å²) in [4.78, 5) is 7.00. The molecule has 3 heterocycles. The van der Waals surface area contributed by atoms with Gasteiger partial charge in [0.1, 0.15) is 12.2 Å². The Morgan fingerprint density at radius 3 is 3.11 bits per heavy atom. The molecule has 0 aliphatic carbocycles. The third-order valence-corrected chi connectivity index (χ3v) is 4.32. The minimum Gasteiger partial charge on any atom is -0.312 e. The van der Waals surface area contributed by atoms with Crippen LogP contribution in [0.25, 0.3) is 0 Å². The molecule has 0 amide bonds. The van der Waals surface area contributed by atoms with Crippen molar-refractivity contribution in [1.82, 2.24) is 25.0 Å². The Bertz CT molecular complexity index is 382. The van der Waals surface area contributed by atoms with E-state index in [0.29, 0.717) is 12.1 Å². The molecule has 2 fully saturated rings. The maximum absolute atomic E-state index is 4.40. The van der Waals surface area contributed by atoms with E-state index in [-0.39, 0.29) is 0 Å². The molecule has 100 valence electrons. The molecule has 0 bridgehead atoms. The van der Waals surface area contributed by atoms with Crippen LogP contribution in [-0.2, 0) is 13.1 Å². The van der Waals surface area contributed by atoms with Gasteiger partial charge in [-0.25, -0.2) is 9.67 Å². The third kappa shape index (κ3) is 2.29. The second-order valence-corrected chi connectivity index (χ2v) is 5.37. The van der Waals surface area contributed by atoms with Crippen LogP contribution in [0.3, 0.4) is 0 Å². The fraction of sp³-hybridized carbons (Fsp3) is 0.846. The largest absolute Gasteiger partial charge is 0.312 e. The molecule has 1 aromatic heterocycles. The Balaban J connectivity index is 1.67. The molecule has 0 saturated carbocycles. The van der Waals surface area contributed by atoms with Gasteiger partial charge in [0.05, 0.1) is 6.54 Å². The predicted octanol–water partition coefficient (Wildman–Crippen LogP) is 1.01.